The van der Waals surface area contributed by atoms with Gasteiger partial charge in [-0.15, -0.1) is 0 Å². The van der Waals surface area contributed by atoms with E-state index in [2.05, 4.69) is 5.32 Å². The van der Waals surface area contributed by atoms with Crippen molar-refractivity contribution < 1.29 is 28.5 Å². The third kappa shape index (κ3) is 5.83. The molecule has 0 aromatic rings. The number of nitrogens with one attached hydrogen (secondary N) is 1. The molecule has 3 saturated heterocycles. The van der Waals surface area contributed by atoms with E-state index < -0.39 is 25.8 Å². The van der Waals surface area contributed by atoms with Crippen LogP contribution in [0.4, 0.5) is 0 Å². The topological polar surface area (TPSA) is 104 Å². The first kappa shape index (κ1) is 23.2. The Balaban J connectivity index is 1.73. The zero-order chi connectivity index (χ0) is 21.0. The lowest BCUT2D eigenvalue weighted by Crippen LogP contribution is -2.53. The second-order valence-electron chi connectivity index (χ2n) is 7.55. The molecule has 3 heterocycles. The highest BCUT2D eigenvalue weighted by molar-refractivity contribution is 7.54. The molecule has 5 atom stereocenters. The van der Waals surface area contributed by atoms with Gasteiger partial charge in [0, 0.05) is 71.3 Å². The molecule has 3 rings (SSSR count). The van der Waals surface area contributed by atoms with E-state index in [1.165, 1.54) is 6.92 Å². The second-order valence-corrected chi connectivity index (χ2v) is 9.92. The minimum atomic E-state index is -3.49. The predicted molar refractivity (Wildman–Crippen MR) is 108 cm³/mol. The van der Waals surface area contributed by atoms with Crippen molar-refractivity contribution >= 4 is 29.3 Å². The van der Waals surface area contributed by atoms with Crippen molar-refractivity contribution in [3.05, 3.63) is 0 Å². The van der Waals surface area contributed by atoms with Crippen LogP contribution in [-0.2, 0) is 23.4 Å². The first-order valence-corrected chi connectivity index (χ1v) is 11.5. The highest BCUT2D eigenvalue weighted by Crippen LogP contribution is 2.55. The normalized spacial score (nSPS) is 34.6. The smallest absolute Gasteiger partial charge is 0.346 e. The fraction of sp³-hybridized carbons (Fsp3) is 0.938. The summed E-state index contributed by atoms with van der Waals surface area (Å²) in [6.07, 6.45) is -0.871. The Morgan fingerprint density at radius 1 is 1.10 bits per heavy atom. The summed E-state index contributed by atoms with van der Waals surface area (Å²) in [6, 6.07) is -1.12. The molecule has 4 radical (unpaired) electrons. The molecule has 0 aromatic carbocycles. The number of ether oxygens (including phenoxy) is 2. The van der Waals surface area contributed by atoms with Gasteiger partial charge < -0.3 is 29.3 Å². The number of rotatable bonds is 6. The molecule has 5 unspecified atom stereocenters. The molecule has 2 N–H and O–H groups in total. The second kappa shape index (κ2) is 10.2. The lowest BCUT2D eigenvalue weighted by Gasteiger charge is -2.46. The molecule has 0 spiro atoms. The van der Waals surface area contributed by atoms with Crippen LogP contribution >= 0.6 is 7.67 Å². The molecule has 3 aliphatic heterocycles. The summed E-state index contributed by atoms with van der Waals surface area (Å²) in [5.74, 6) is -0.00944. The lowest BCUT2D eigenvalue weighted by atomic mass is 9.98. The Morgan fingerprint density at radius 2 is 1.79 bits per heavy atom. The van der Waals surface area contributed by atoms with Gasteiger partial charge >= 0.3 is 7.67 Å². The predicted octanol–water partition coefficient (Wildman–Crippen LogP) is -2.05. The van der Waals surface area contributed by atoms with Crippen molar-refractivity contribution in [1.82, 2.24) is 19.6 Å². The van der Waals surface area contributed by atoms with Gasteiger partial charge in [0.1, 0.15) is 15.7 Å². The van der Waals surface area contributed by atoms with Crippen LogP contribution in [0, 0.1) is 0 Å². The average Bonchev–Trinajstić information content (AvgIpc) is 2.71. The molecule has 0 aromatic heterocycles. The van der Waals surface area contributed by atoms with Crippen molar-refractivity contribution in [3.8, 4) is 0 Å². The number of carbonyl (C=O) groups is 1. The first-order valence-electron chi connectivity index (χ1n) is 9.96. The Labute approximate surface area is 174 Å². The number of carbonyl (C=O) groups excluding carboxylic acids is 1. The third-order valence-electron chi connectivity index (χ3n) is 5.31. The molecule has 1 amide bonds. The van der Waals surface area contributed by atoms with E-state index in [1.807, 2.05) is 0 Å². The van der Waals surface area contributed by atoms with Crippen molar-refractivity contribution in [1.29, 1.82) is 0 Å². The quantitative estimate of drug-likeness (QED) is 0.367. The van der Waals surface area contributed by atoms with Crippen LogP contribution in [0.2, 0.25) is 0 Å². The Morgan fingerprint density at radius 3 is 2.41 bits per heavy atom. The van der Waals surface area contributed by atoms with Crippen LogP contribution in [0.1, 0.15) is 6.92 Å². The standard InChI is InChI=1S/C16H29B2N4O6P/c1-12(24)20-2-4-21(5-3-20)29(25,22-8-14(10-23)28-16(18)9-22)26-11-13-6-19-7-15(17)27-13/h13-16,19,23H,2-11H2,1H3. The van der Waals surface area contributed by atoms with Gasteiger partial charge in [0.25, 0.3) is 0 Å². The van der Waals surface area contributed by atoms with Crippen LogP contribution in [-0.4, -0.2) is 131 Å². The van der Waals surface area contributed by atoms with E-state index in [0.29, 0.717) is 39.3 Å². The number of piperazine rings is 1. The van der Waals surface area contributed by atoms with E-state index in [-0.39, 0.29) is 38.3 Å². The van der Waals surface area contributed by atoms with Gasteiger partial charge in [-0.25, -0.2) is 9.34 Å². The Kier molecular flexibility index (Phi) is 8.20. The number of hydrogen-bond acceptors (Lipinski definition) is 7. The number of aliphatic hydroxyl groups excluding tert-OH is 1. The summed E-state index contributed by atoms with van der Waals surface area (Å²) >= 11 is 0. The molecule has 29 heavy (non-hydrogen) atoms. The molecule has 0 saturated carbocycles. The minimum Gasteiger partial charge on any atom is -0.394 e. The Hall–Kier alpha value is -0.450. The molecule has 160 valence electrons. The van der Waals surface area contributed by atoms with Gasteiger partial charge in [0.05, 0.1) is 25.4 Å². The molecule has 3 fully saturated rings. The van der Waals surface area contributed by atoms with Crippen LogP contribution in [0.3, 0.4) is 0 Å². The number of nitrogens with zero attached hydrogens (tertiary/aromatic N) is 3. The zero-order valence-corrected chi connectivity index (χ0v) is 17.7. The zero-order valence-electron chi connectivity index (χ0n) is 16.8. The lowest BCUT2D eigenvalue weighted by molar-refractivity contribution is -0.130. The average molecular weight is 426 g/mol. The molecular formula is C16H29B2N4O6P. The van der Waals surface area contributed by atoms with E-state index in [4.69, 9.17) is 29.7 Å². The van der Waals surface area contributed by atoms with Crippen LogP contribution < -0.4 is 5.32 Å². The van der Waals surface area contributed by atoms with Gasteiger partial charge in [-0.05, 0) is 0 Å². The van der Waals surface area contributed by atoms with Gasteiger partial charge in [-0.2, -0.15) is 0 Å². The van der Waals surface area contributed by atoms with Gasteiger partial charge in [0.2, 0.25) is 5.91 Å². The maximum Gasteiger partial charge on any atom is 0.346 e. The number of amides is 1. The summed E-state index contributed by atoms with van der Waals surface area (Å²) in [6.45, 7) is 4.70. The molecule has 0 aliphatic carbocycles. The van der Waals surface area contributed by atoms with E-state index in [1.54, 1.807) is 14.2 Å². The van der Waals surface area contributed by atoms with Crippen molar-refractivity contribution in [3.63, 3.8) is 0 Å². The minimum absolute atomic E-state index is 0.00944. The van der Waals surface area contributed by atoms with Crippen LogP contribution in [0.5, 0.6) is 0 Å². The SMILES string of the molecule is [B]C1CNCC(COP(=O)(N2CCN(C(C)=O)CC2)N2CC([B])OC(CO)C2)O1. The number of morpholine rings is 2. The maximum absolute atomic E-state index is 14.2. The fourth-order valence-electron chi connectivity index (χ4n) is 3.77. The number of hydrogen-bond donors (Lipinski definition) is 2. The summed E-state index contributed by atoms with van der Waals surface area (Å²) < 4.78 is 34.8. The van der Waals surface area contributed by atoms with Gasteiger partial charge in [-0.3, -0.25) is 9.36 Å². The van der Waals surface area contributed by atoms with E-state index in [9.17, 15) is 14.5 Å². The largest absolute Gasteiger partial charge is 0.394 e. The summed E-state index contributed by atoms with van der Waals surface area (Å²) in [5.41, 5.74) is 0. The molecular weight excluding hydrogens is 397 g/mol. The maximum atomic E-state index is 14.2. The van der Waals surface area contributed by atoms with Gasteiger partial charge in [-0.1, -0.05) is 0 Å². The van der Waals surface area contributed by atoms with Crippen molar-refractivity contribution in [2.45, 2.75) is 31.1 Å². The molecule has 10 nitrogen and oxygen atoms in total. The summed E-state index contributed by atoms with van der Waals surface area (Å²) in [7, 11) is 8.29. The van der Waals surface area contributed by atoms with Crippen molar-refractivity contribution in [2.75, 3.05) is 65.6 Å². The molecule has 0 bridgehead atoms. The van der Waals surface area contributed by atoms with Crippen molar-refractivity contribution in [2.24, 2.45) is 0 Å². The van der Waals surface area contributed by atoms with Crippen LogP contribution in [0.25, 0.3) is 0 Å². The first-order chi connectivity index (χ1) is 13.8. The third-order valence-corrected chi connectivity index (χ3v) is 7.95. The fourth-order valence-corrected chi connectivity index (χ4v) is 6.26. The summed E-state index contributed by atoms with van der Waals surface area (Å²) in [4.78, 5) is 13.4. The van der Waals surface area contributed by atoms with Crippen LogP contribution in [0.15, 0.2) is 0 Å². The highest BCUT2D eigenvalue weighted by atomic mass is 31.2. The van der Waals surface area contributed by atoms with Gasteiger partial charge in [0.15, 0.2) is 0 Å². The molecule has 13 heteroatoms. The van der Waals surface area contributed by atoms with E-state index in [0.717, 1.165) is 0 Å². The summed E-state index contributed by atoms with van der Waals surface area (Å²) in [5, 5.41) is 12.7. The monoisotopic (exact) mass is 426 g/mol. The highest BCUT2D eigenvalue weighted by Gasteiger charge is 2.44. The molecule has 3 aliphatic rings. The Bertz CT molecular complexity index is 612. The number of aliphatic hydroxyl groups is 1. The van der Waals surface area contributed by atoms with E-state index >= 15 is 0 Å².